The minimum Gasteiger partial charge on any atom is -0.497 e. The number of likely N-dealkylation sites (tertiary alicyclic amines) is 1. The molecule has 1 fully saturated rings. The largest absolute Gasteiger partial charge is 0.497 e. The van der Waals surface area contributed by atoms with Gasteiger partial charge in [-0.05, 0) is 49.2 Å². The summed E-state index contributed by atoms with van der Waals surface area (Å²) >= 11 is 0. The minimum absolute atomic E-state index is 0.153. The molecule has 2 aromatic carbocycles. The molecule has 0 N–H and O–H groups in total. The molecule has 1 aliphatic heterocycles. The van der Waals surface area contributed by atoms with E-state index in [9.17, 15) is 4.79 Å². The van der Waals surface area contributed by atoms with E-state index in [0.717, 1.165) is 54.3 Å². The molecule has 1 amide bonds. The molecule has 1 aromatic heterocycles. The summed E-state index contributed by atoms with van der Waals surface area (Å²) < 4.78 is 13.1. The van der Waals surface area contributed by atoms with Crippen LogP contribution in [0, 0.1) is 0 Å². The van der Waals surface area contributed by atoms with E-state index >= 15 is 0 Å². The van der Waals surface area contributed by atoms with Crippen LogP contribution >= 0.6 is 0 Å². The number of benzene rings is 2. The average molecular weight is 393 g/mol. The van der Waals surface area contributed by atoms with Crippen molar-refractivity contribution in [3.63, 3.8) is 0 Å². The van der Waals surface area contributed by atoms with Gasteiger partial charge in [0.25, 0.3) is 0 Å². The number of aromatic nitrogens is 2. The number of imidazole rings is 1. The van der Waals surface area contributed by atoms with Crippen LogP contribution in [-0.2, 0) is 17.9 Å². The smallest absolute Gasteiger partial charge is 0.242 e. The van der Waals surface area contributed by atoms with Gasteiger partial charge in [-0.25, -0.2) is 4.98 Å². The third-order valence-electron chi connectivity index (χ3n) is 5.41. The zero-order valence-corrected chi connectivity index (χ0v) is 16.8. The Labute approximate surface area is 171 Å². The van der Waals surface area contributed by atoms with Crippen LogP contribution in [0.15, 0.2) is 48.5 Å². The molecule has 2 heterocycles. The molecule has 152 valence electrons. The predicted molar refractivity (Wildman–Crippen MR) is 112 cm³/mol. The number of fused-ring (bicyclic) bond motifs is 1. The third-order valence-corrected chi connectivity index (χ3v) is 5.41. The molecule has 0 spiro atoms. The topological polar surface area (TPSA) is 56.6 Å². The summed E-state index contributed by atoms with van der Waals surface area (Å²) in [6.07, 6.45) is 4.59. The fourth-order valence-electron chi connectivity index (χ4n) is 3.79. The van der Waals surface area contributed by atoms with Gasteiger partial charge in [-0.2, -0.15) is 0 Å². The lowest BCUT2D eigenvalue weighted by Crippen LogP contribution is -2.35. The Balaban J connectivity index is 1.54. The summed E-state index contributed by atoms with van der Waals surface area (Å²) in [6, 6.07) is 15.4. The third kappa shape index (κ3) is 4.53. The monoisotopic (exact) mass is 393 g/mol. The van der Waals surface area contributed by atoms with Crippen molar-refractivity contribution in [3.8, 4) is 11.5 Å². The van der Waals surface area contributed by atoms with Crippen molar-refractivity contribution in [2.24, 2.45) is 0 Å². The standard InChI is InChI=1S/C23H27N3O3/c1-28-18-10-12-19(13-11-18)29-17-22-24-20-8-4-5-9-21(20)26(22)16-23(27)25-14-6-2-3-7-15-25/h4-5,8-13H,2-3,6-7,14-17H2,1H3. The van der Waals surface area contributed by atoms with Crippen LogP contribution in [0.4, 0.5) is 0 Å². The van der Waals surface area contributed by atoms with Crippen LogP contribution in [0.2, 0.25) is 0 Å². The van der Waals surface area contributed by atoms with Crippen molar-refractivity contribution in [2.75, 3.05) is 20.2 Å². The van der Waals surface area contributed by atoms with E-state index in [1.807, 2.05) is 58.0 Å². The maximum absolute atomic E-state index is 13.0. The highest BCUT2D eigenvalue weighted by atomic mass is 16.5. The molecule has 4 rings (SSSR count). The van der Waals surface area contributed by atoms with E-state index < -0.39 is 0 Å². The van der Waals surface area contributed by atoms with Gasteiger partial charge in [0.05, 0.1) is 18.1 Å². The number of ether oxygens (including phenoxy) is 2. The maximum Gasteiger partial charge on any atom is 0.242 e. The number of rotatable bonds is 6. The van der Waals surface area contributed by atoms with Gasteiger partial charge >= 0.3 is 0 Å². The second kappa shape index (κ2) is 8.99. The first-order valence-electron chi connectivity index (χ1n) is 10.2. The first-order chi connectivity index (χ1) is 14.2. The number of hydrogen-bond acceptors (Lipinski definition) is 4. The van der Waals surface area contributed by atoms with Gasteiger partial charge in [0, 0.05) is 13.1 Å². The Morgan fingerprint density at radius 2 is 1.66 bits per heavy atom. The molecule has 0 bridgehead atoms. The number of hydrogen-bond donors (Lipinski definition) is 0. The first kappa shape index (κ1) is 19.3. The molecular formula is C23H27N3O3. The van der Waals surface area contributed by atoms with Gasteiger partial charge in [-0.15, -0.1) is 0 Å². The van der Waals surface area contributed by atoms with Crippen LogP contribution in [0.3, 0.4) is 0 Å². The Kier molecular flexibility index (Phi) is 5.98. The highest BCUT2D eigenvalue weighted by molar-refractivity contribution is 5.81. The predicted octanol–water partition coefficient (Wildman–Crippen LogP) is 4.03. The molecule has 6 nitrogen and oxygen atoms in total. The molecular weight excluding hydrogens is 366 g/mol. The molecule has 1 aliphatic rings. The Morgan fingerprint density at radius 1 is 0.966 bits per heavy atom. The minimum atomic E-state index is 0.153. The molecule has 6 heteroatoms. The summed E-state index contributed by atoms with van der Waals surface area (Å²) in [6.45, 7) is 2.29. The summed E-state index contributed by atoms with van der Waals surface area (Å²) in [5.41, 5.74) is 1.84. The summed E-state index contributed by atoms with van der Waals surface area (Å²) in [5.74, 6) is 2.43. The fraction of sp³-hybridized carbons (Fsp3) is 0.391. The summed E-state index contributed by atoms with van der Waals surface area (Å²) in [4.78, 5) is 19.7. The van der Waals surface area contributed by atoms with E-state index in [2.05, 4.69) is 0 Å². The van der Waals surface area contributed by atoms with E-state index in [-0.39, 0.29) is 5.91 Å². The molecule has 0 aliphatic carbocycles. The highest BCUT2D eigenvalue weighted by Gasteiger charge is 2.19. The van der Waals surface area contributed by atoms with Crippen LogP contribution in [0.25, 0.3) is 11.0 Å². The van der Waals surface area contributed by atoms with E-state index in [1.165, 1.54) is 12.8 Å². The number of carbonyl (C=O) groups is 1. The van der Waals surface area contributed by atoms with Gasteiger partial charge in [-0.1, -0.05) is 25.0 Å². The zero-order valence-electron chi connectivity index (χ0n) is 16.8. The van der Waals surface area contributed by atoms with Crippen LogP contribution in [-0.4, -0.2) is 40.6 Å². The maximum atomic E-state index is 13.0. The summed E-state index contributed by atoms with van der Waals surface area (Å²) in [7, 11) is 1.64. The van der Waals surface area contributed by atoms with Crippen molar-refractivity contribution in [3.05, 3.63) is 54.4 Å². The lowest BCUT2D eigenvalue weighted by Gasteiger charge is -2.21. The number of para-hydroxylation sites is 2. The Hall–Kier alpha value is -3.02. The average Bonchev–Trinajstić information content (AvgIpc) is 2.92. The molecule has 3 aromatic rings. The quantitative estimate of drug-likeness (QED) is 0.635. The number of nitrogens with zero attached hydrogens (tertiary/aromatic N) is 3. The number of amides is 1. The van der Waals surface area contributed by atoms with Crippen molar-refractivity contribution in [1.82, 2.24) is 14.5 Å². The lowest BCUT2D eigenvalue weighted by molar-refractivity contribution is -0.131. The van der Waals surface area contributed by atoms with Gasteiger partial charge in [0.2, 0.25) is 5.91 Å². The van der Waals surface area contributed by atoms with E-state index in [1.54, 1.807) is 7.11 Å². The highest BCUT2D eigenvalue weighted by Crippen LogP contribution is 2.21. The van der Waals surface area contributed by atoms with Crippen molar-refractivity contribution < 1.29 is 14.3 Å². The van der Waals surface area contributed by atoms with Crippen LogP contribution in [0.1, 0.15) is 31.5 Å². The second-order valence-corrected chi connectivity index (χ2v) is 7.36. The van der Waals surface area contributed by atoms with Crippen molar-refractivity contribution >= 4 is 16.9 Å². The van der Waals surface area contributed by atoms with Gasteiger partial charge in [0.15, 0.2) is 0 Å². The van der Waals surface area contributed by atoms with Gasteiger partial charge < -0.3 is 18.9 Å². The molecule has 29 heavy (non-hydrogen) atoms. The lowest BCUT2D eigenvalue weighted by atomic mass is 10.2. The number of methoxy groups -OCH3 is 1. The van der Waals surface area contributed by atoms with E-state index in [0.29, 0.717) is 13.2 Å². The van der Waals surface area contributed by atoms with E-state index in [4.69, 9.17) is 14.5 Å². The molecule has 0 atom stereocenters. The molecule has 0 saturated carbocycles. The van der Waals surface area contributed by atoms with Gasteiger partial charge in [-0.3, -0.25) is 4.79 Å². The van der Waals surface area contributed by atoms with Crippen molar-refractivity contribution in [2.45, 2.75) is 38.8 Å². The second-order valence-electron chi connectivity index (χ2n) is 7.36. The first-order valence-corrected chi connectivity index (χ1v) is 10.2. The summed E-state index contributed by atoms with van der Waals surface area (Å²) in [5, 5.41) is 0. The van der Waals surface area contributed by atoms with Crippen LogP contribution < -0.4 is 9.47 Å². The van der Waals surface area contributed by atoms with Gasteiger partial charge in [0.1, 0.15) is 30.5 Å². The molecule has 1 saturated heterocycles. The molecule has 0 unspecified atom stereocenters. The number of carbonyl (C=O) groups excluding carboxylic acids is 1. The Bertz CT molecular complexity index is 957. The normalized spacial score (nSPS) is 14.6. The zero-order chi connectivity index (χ0) is 20.1. The fourth-order valence-corrected chi connectivity index (χ4v) is 3.79. The molecule has 0 radical (unpaired) electrons. The SMILES string of the molecule is COc1ccc(OCc2nc3ccccc3n2CC(=O)N2CCCCCC2)cc1. The van der Waals surface area contributed by atoms with Crippen molar-refractivity contribution in [1.29, 1.82) is 0 Å². The van der Waals surface area contributed by atoms with Crippen LogP contribution in [0.5, 0.6) is 11.5 Å². The Morgan fingerprint density at radius 3 is 2.38 bits per heavy atom.